The van der Waals surface area contributed by atoms with E-state index in [1.54, 1.807) is 0 Å². The van der Waals surface area contributed by atoms with Gasteiger partial charge in [0.25, 0.3) is 0 Å². The van der Waals surface area contributed by atoms with E-state index < -0.39 is 19.9 Å². The van der Waals surface area contributed by atoms with Gasteiger partial charge in [0.1, 0.15) is 0 Å². The molecule has 1 amide bonds. The lowest BCUT2D eigenvalue weighted by Crippen LogP contribution is -2.52. The van der Waals surface area contributed by atoms with Crippen molar-refractivity contribution < 1.29 is 21.6 Å². The van der Waals surface area contributed by atoms with Gasteiger partial charge >= 0.3 is 0 Å². The quantitative estimate of drug-likeness (QED) is 0.595. The molecule has 3 aliphatic heterocycles. The van der Waals surface area contributed by atoms with Crippen LogP contribution in [0.4, 0.5) is 5.69 Å². The van der Waals surface area contributed by atoms with Gasteiger partial charge in [-0.1, -0.05) is 0 Å². The van der Waals surface area contributed by atoms with Crippen molar-refractivity contribution in [2.24, 2.45) is 5.92 Å². The molecular weight excluding hydrogens is 454 g/mol. The molecule has 12 heteroatoms. The Morgan fingerprint density at radius 2 is 1.62 bits per heavy atom. The number of rotatable bonds is 4. The number of carbonyl (C=O) groups excluding carboxylic acids is 1. The molecule has 3 fully saturated rings. The van der Waals surface area contributed by atoms with Gasteiger partial charge in [-0.25, -0.2) is 21.1 Å². The molecule has 3 aliphatic rings. The van der Waals surface area contributed by atoms with Crippen LogP contribution in [0.5, 0.6) is 0 Å². The Labute approximate surface area is 190 Å². The minimum Gasteiger partial charge on any atom is -0.365 e. The van der Waals surface area contributed by atoms with Gasteiger partial charge in [0.2, 0.25) is 15.9 Å². The largest absolute Gasteiger partial charge is 0.365 e. The summed E-state index contributed by atoms with van der Waals surface area (Å²) < 4.78 is 50.5. The highest BCUT2D eigenvalue weighted by Gasteiger charge is 2.35. The second kappa shape index (κ2) is 8.60. The molecule has 3 saturated heterocycles. The van der Waals surface area contributed by atoms with Crippen LogP contribution in [0.3, 0.4) is 0 Å². The van der Waals surface area contributed by atoms with Gasteiger partial charge in [0.15, 0.2) is 9.84 Å². The molecule has 0 aliphatic carbocycles. The van der Waals surface area contributed by atoms with E-state index in [9.17, 15) is 21.6 Å². The topological polar surface area (TPSA) is 113 Å². The third-order valence-corrected chi connectivity index (χ3v) is 10.1. The highest BCUT2D eigenvalue weighted by molar-refractivity contribution is 7.91. The van der Waals surface area contributed by atoms with Gasteiger partial charge < -0.3 is 9.80 Å². The molecule has 180 valence electrons. The number of piperidine rings is 1. The van der Waals surface area contributed by atoms with Crippen molar-refractivity contribution in [3.05, 3.63) is 11.4 Å². The highest BCUT2D eigenvalue weighted by atomic mass is 32.2. The number of nitrogens with zero attached hydrogens (tertiary/aromatic N) is 5. The molecule has 4 rings (SSSR count). The first-order valence-corrected chi connectivity index (χ1v) is 14.9. The smallest absolute Gasteiger partial charge is 0.225 e. The average Bonchev–Trinajstić information content (AvgIpc) is 3.25. The van der Waals surface area contributed by atoms with Crippen LogP contribution in [0.1, 0.15) is 36.7 Å². The van der Waals surface area contributed by atoms with Gasteiger partial charge in [-0.3, -0.25) is 9.48 Å². The van der Waals surface area contributed by atoms with E-state index >= 15 is 0 Å². The van der Waals surface area contributed by atoms with Crippen molar-refractivity contribution in [1.82, 2.24) is 19.0 Å². The van der Waals surface area contributed by atoms with Crippen molar-refractivity contribution in [1.29, 1.82) is 0 Å². The summed E-state index contributed by atoms with van der Waals surface area (Å²) in [6, 6.07) is -0.104. The van der Waals surface area contributed by atoms with E-state index in [0.29, 0.717) is 58.5 Å². The van der Waals surface area contributed by atoms with Crippen LogP contribution in [-0.4, -0.2) is 98.8 Å². The first-order valence-electron chi connectivity index (χ1n) is 11.2. The number of carbonyl (C=O) groups is 1. The summed E-state index contributed by atoms with van der Waals surface area (Å²) in [5.41, 5.74) is 2.92. The molecule has 32 heavy (non-hydrogen) atoms. The van der Waals surface area contributed by atoms with E-state index in [1.165, 1.54) is 10.6 Å². The second-order valence-electron chi connectivity index (χ2n) is 9.27. The van der Waals surface area contributed by atoms with Crippen LogP contribution in [0, 0.1) is 19.8 Å². The fourth-order valence-corrected chi connectivity index (χ4v) is 7.84. The van der Waals surface area contributed by atoms with E-state index in [4.69, 9.17) is 0 Å². The summed E-state index contributed by atoms with van der Waals surface area (Å²) in [4.78, 5) is 17.1. The maximum atomic E-state index is 13.0. The first-order chi connectivity index (χ1) is 15.0. The maximum Gasteiger partial charge on any atom is 0.225 e. The Hall–Kier alpha value is -1.66. The lowest BCUT2D eigenvalue weighted by Gasteiger charge is -2.39. The number of sulfone groups is 1. The normalized spacial score (nSPS) is 25.4. The number of aromatic nitrogens is 2. The lowest BCUT2D eigenvalue weighted by atomic mass is 9.96. The molecule has 0 N–H and O–H groups in total. The minimum atomic E-state index is -3.20. The number of piperazine rings is 1. The maximum absolute atomic E-state index is 13.0. The molecule has 0 unspecified atom stereocenters. The van der Waals surface area contributed by atoms with Crippen LogP contribution < -0.4 is 4.90 Å². The van der Waals surface area contributed by atoms with Gasteiger partial charge in [0, 0.05) is 45.2 Å². The third kappa shape index (κ3) is 4.67. The number of amides is 1. The highest BCUT2D eigenvalue weighted by Crippen LogP contribution is 2.32. The van der Waals surface area contributed by atoms with Crippen LogP contribution in [0.25, 0.3) is 0 Å². The summed E-state index contributed by atoms with van der Waals surface area (Å²) in [6.07, 6.45) is 2.96. The summed E-state index contributed by atoms with van der Waals surface area (Å²) in [5.74, 6) is 0.373. The van der Waals surface area contributed by atoms with Crippen LogP contribution in [-0.2, 0) is 24.7 Å². The van der Waals surface area contributed by atoms with Crippen molar-refractivity contribution >= 4 is 31.5 Å². The van der Waals surface area contributed by atoms with Crippen LogP contribution in [0.15, 0.2) is 0 Å². The zero-order valence-electron chi connectivity index (χ0n) is 19.0. The van der Waals surface area contributed by atoms with Crippen molar-refractivity contribution in [2.75, 3.05) is 61.9 Å². The lowest BCUT2D eigenvalue weighted by molar-refractivity contribution is -0.137. The molecule has 0 saturated carbocycles. The molecule has 1 atom stereocenters. The average molecular weight is 488 g/mol. The number of sulfonamides is 1. The predicted octanol–water partition coefficient (Wildman–Crippen LogP) is 0.180. The molecule has 10 nitrogen and oxygen atoms in total. The van der Waals surface area contributed by atoms with Crippen molar-refractivity contribution in [3.8, 4) is 0 Å². The van der Waals surface area contributed by atoms with E-state index in [0.717, 1.165) is 17.1 Å². The Morgan fingerprint density at radius 1 is 1.00 bits per heavy atom. The minimum absolute atomic E-state index is 0.104. The summed E-state index contributed by atoms with van der Waals surface area (Å²) in [7, 11) is -6.18. The van der Waals surface area contributed by atoms with Gasteiger partial charge in [-0.2, -0.15) is 5.10 Å². The molecule has 0 bridgehead atoms. The zero-order chi connectivity index (χ0) is 23.3. The fourth-order valence-electron chi connectivity index (χ4n) is 5.28. The van der Waals surface area contributed by atoms with Gasteiger partial charge in [-0.15, -0.1) is 0 Å². The van der Waals surface area contributed by atoms with Gasteiger partial charge in [-0.05, 0) is 33.1 Å². The fraction of sp³-hybridized carbons (Fsp3) is 0.800. The van der Waals surface area contributed by atoms with Crippen LogP contribution in [0.2, 0.25) is 0 Å². The van der Waals surface area contributed by atoms with E-state index in [1.807, 2.05) is 23.4 Å². The number of hydrogen-bond acceptors (Lipinski definition) is 7. The van der Waals surface area contributed by atoms with Crippen molar-refractivity contribution in [2.45, 2.75) is 39.2 Å². The SMILES string of the molecule is Cc1nn([C@@H]2CCS(=O)(=O)C2)c(C)c1N1CCN(C(=O)C2CCN(S(C)(=O)=O)CC2)CC1. The van der Waals surface area contributed by atoms with Crippen LogP contribution >= 0.6 is 0 Å². The second-order valence-corrected chi connectivity index (χ2v) is 13.5. The standard InChI is InChI=1S/C20H33N5O5S2/c1-15-19(16(2)25(21-15)18-6-13-32(29,30)14-18)22-9-11-23(12-10-22)20(26)17-4-7-24(8-5-17)31(3,27)28/h17-18H,4-14H2,1-3H3/t18-/m1/s1. The summed E-state index contributed by atoms with van der Waals surface area (Å²) >= 11 is 0. The molecule has 0 aromatic carbocycles. The Morgan fingerprint density at radius 3 is 2.16 bits per heavy atom. The number of hydrogen-bond donors (Lipinski definition) is 0. The molecule has 0 spiro atoms. The number of aryl methyl sites for hydroxylation is 1. The predicted molar refractivity (Wildman–Crippen MR) is 122 cm³/mol. The van der Waals surface area contributed by atoms with E-state index in [-0.39, 0.29) is 29.4 Å². The Kier molecular flexibility index (Phi) is 6.32. The Balaban J connectivity index is 1.37. The van der Waals surface area contributed by atoms with Gasteiger partial charge in [0.05, 0.1) is 40.9 Å². The number of anilines is 1. The third-order valence-electron chi connectivity index (χ3n) is 7.02. The van der Waals surface area contributed by atoms with E-state index in [2.05, 4.69) is 10.00 Å². The molecule has 1 aromatic rings. The zero-order valence-corrected chi connectivity index (χ0v) is 20.7. The molecule has 0 radical (unpaired) electrons. The monoisotopic (exact) mass is 487 g/mol. The first kappa shape index (κ1) is 23.5. The Bertz CT molecular complexity index is 1080. The molecule has 4 heterocycles. The summed E-state index contributed by atoms with van der Waals surface area (Å²) in [5, 5.41) is 4.66. The summed E-state index contributed by atoms with van der Waals surface area (Å²) in [6.45, 7) is 7.39. The van der Waals surface area contributed by atoms with Crippen molar-refractivity contribution in [3.63, 3.8) is 0 Å². The molecular formula is C20H33N5O5S2. The molecule has 1 aromatic heterocycles.